The third-order valence-corrected chi connectivity index (χ3v) is 3.91. The highest BCUT2D eigenvalue weighted by Crippen LogP contribution is 2.48. The van der Waals surface area contributed by atoms with Crippen molar-refractivity contribution in [3.8, 4) is 0 Å². The molecule has 1 saturated heterocycles. The highest BCUT2D eigenvalue weighted by Gasteiger charge is 2.56. The summed E-state index contributed by atoms with van der Waals surface area (Å²) in [4.78, 5) is 0. The van der Waals surface area contributed by atoms with Crippen LogP contribution in [0.1, 0.15) is 60.3 Å². The summed E-state index contributed by atoms with van der Waals surface area (Å²) in [6.07, 6.45) is 5.46. The molecule has 0 saturated carbocycles. The van der Waals surface area contributed by atoms with E-state index in [4.69, 9.17) is 9.47 Å². The molecule has 3 atom stereocenters. The first-order valence-electron chi connectivity index (χ1n) is 6.90. The van der Waals surface area contributed by atoms with Crippen LogP contribution in [0.3, 0.4) is 0 Å². The van der Waals surface area contributed by atoms with Crippen molar-refractivity contribution in [2.24, 2.45) is 5.92 Å². The predicted molar refractivity (Wildman–Crippen MR) is 67.7 cm³/mol. The summed E-state index contributed by atoms with van der Waals surface area (Å²) in [7, 11) is 0. The van der Waals surface area contributed by atoms with Crippen LogP contribution >= 0.6 is 0 Å². The number of hydrogen-bond acceptors (Lipinski definition) is 2. The van der Waals surface area contributed by atoms with Gasteiger partial charge in [-0.25, -0.2) is 0 Å². The lowest BCUT2D eigenvalue weighted by Crippen LogP contribution is -2.25. The fourth-order valence-corrected chi connectivity index (χ4v) is 2.70. The zero-order chi connectivity index (χ0) is 12.2. The summed E-state index contributed by atoms with van der Waals surface area (Å²) in [5.74, 6) is 0.622. The second kappa shape index (κ2) is 6.02. The van der Waals surface area contributed by atoms with E-state index in [9.17, 15) is 0 Å². The fraction of sp³-hybridized carbons (Fsp3) is 1.00. The number of hydrogen-bond donors (Lipinski definition) is 0. The smallest absolute Gasteiger partial charge is 0.0971 e. The molecular weight excluding hydrogens is 200 g/mol. The molecule has 2 heteroatoms. The molecule has 0 amide bonds. The van der Waals surface area contributed by atoms with Gasteiger partial charge < -0.3 is 9.47 Å². The molecule has 0 N–H and O–H groups in total. The summed E-state index contributed by atoms with van der Waals surface area (Å²) in [5.41, 5.74) is 0.166. The van der Waals surface area contributed by atoms with E-state index >= 15 is 0 Å². The van der Waals surface area contributed by atoms with Crippen molar-refractivity contribution in [2.45, 2.75) is 78.1 Å². The molecular formula is C14H28O2. The molecule has 0 aromatic carbocycles. The molecule has 0 aromatic rings. The lowest BCUT2D eigenvalue weighted by molar-refractivity contribution is 0.0447. The average Bonchev–Trinajstić information content (AvgIpc) is 2.99. The second-order valence-electron chi connectivity index (χ2n) is 5.15. The molecule has 0 radical (unpaired) electrons. The summed E-state index contributed by atoms with van der Waals surface area (Å²) in [5, 5.41) is 0. The molecule has 96 valence electrons. The SMILES string of the molecule is CCOC(CC)CCC1(C(C)C)OC1CC. The first-order valence-corrected chi connectivity index (χ1v) is 6.90. The first kappa shape index (κ1) is 14.0. The van der Waals surface area contributed by atoms with E-state index in [1.807, 2.05) is 0 Å². The third kappa shape index (κ3) is 2.98. The maximum atomic E-state index is 5.93. The van der Waals surface area contributed by atoms with Crippen molar-refractivity contribution < 1.29 is 9.47 Å². The molecule has 16 heavy (non-hydrogen) atoms. The zero-order valence-corrected chi connectivity index (χ0v) is 11.6. The molecule has 0 spiro atoms. The van der Waals surface area contributed by atoms with Gasteiger partial charge in [-0.15, -0.1) is 0 Å². The van der Waals surface area contributed by atoms with E-state index in [0.717, 1.165) is 32.3 Å². The molecule has 1 rings (SSSR count). The number of epoxide rings is 1. The van der Waals surface area contributed by atoms with Crippen molar-refractivity contribution in [2.75, 3.05) is 6.61 Å². The van der Waals surface area contributed by atoms with Crippen molar-refractivity contribution in [1.82, 2.24) is 0 Å². The minimum atomic E-state index is 0.166. The molecule has 1 aliphatic rings. The van der Waals surface area contributed by atoms with E-state index in [-0.39, 0.29) is 5.60 Å². The summed E-state index contributed by atoms with van der Waals surface area (Å²) in [6, 6.07) is 0. The normalized spacial score (nSPS) is 30.8. The fourth-order valence-electron chi connectivity index (χ4n) is 2.70. The Hall–Kier alpha value is -0.0800. The van der Waals surface area contributed by atoms with E-state index in [1.54, 1.807) is 0 Å². The van der Waals surface area contributed by atoms with Crippen LogP contribution in [0, 0.1) is 5.92 Å². The van der Waals surface area contributed by atoms with Crippen LogP contribution in [-0.2, 0) is 9.47 Å². The van der Waals surface area contributed by atoms with E-state index in [1.165, 1.54) is 0 Å². The van der Waals surface area contributed by atoms with Crippen molar-refractivity contribution in [1.29, 1.82) is 0 Å². The van der Waals surface area contributed by atoms with Gasteiger partial charge in [-0.1, -0.05) is 27.7 Å². The van der Waals surface area contributed by atoms with Crippen LogP contribution in [-0.4, -0.2) is 24.4 Å². The summed E-state index contributed by atoms with van der Waals surface area (Å²) >= 11 is 0. The lowest BCUT2D eigenvalue weighted by Gasteiger charge is -2.21. The highest BCUT2D eigenvalue weighted by atomic mass is 16.6. The Morgan fingerprint density at radius 1 is 1.25 bits per heavy atom. The molecule has 1 fully saturated rings. The molecule has 2 nitrogen and oxygen atoms in total. The van der Waals surface area contributed by atoms with Gasteiger partial charge in [-0.3, -0.25) is 0 Å². The molecule has 1 aliphatic heterocycles. The van der Waals surface area contributed by atoms with Crippen LogP contribution in [0.15, 0.2) is 0 Å². The van der Waals surface area contributed by atoms with Crippen LogP contribution in [0.25, 0.3) is 0 Å². The van der Waals surface area contributed by atoms with E-state index in [2.05, 4.69) is 34.6 Å². The van der Waals surface area contributed by atoms with Crippen molar-refractivity contribution in [3.05, 3.63) is 0 Å². The minimum Gasteiger partial charge on any atom is -0.379 e. The Kier molecular flexibility index (Phi) is 5.26. The van der Waals surface area contributed by atoms with Crippen LogP contribution in [0.4, 0.5) is 0 Å². The standard InChI is InChI=1S/C14H28O2/c1-6-12(15-8-3)9-10-14(11(4)5)13(7-2)16-14/h11-13H,6-10H2,1-5H3. The Morgan fingerprint density at radius 3 is 2.31 bits per heavy atom. The number of rotatable bonds is 8. The van der Waals surface area contributed by atoms with Crippen molar-refractivity contribution >= 4 is 0 Å². The molecule has 0 aliphatic carbocycles. The maximum absolute atomic E-state index is 5.93. The van der Waals surface area contributed by atoms with Gasteiger partial charge in [0.05, 0.1) is 17.8 Å². The lowest BCUT2D eigenvalue weighted by atomic mass is 9.85. The second-order valence-corrected chi connectivity index (χ2v) is 5.15. The maximum Gasteiger partial charge on any atom is 0.0971 e. The largest absolute Gasteiger partial charge is 0.379 e. The highest BCUT2D eigenvalue weighted by molar-refractivity contribution is 5.04. The van der Waals surface area contributed by atoms with Gasteiger partial charge in [0.25, 0.3) is 0 Å². The Morgan fingerprint density at radius 2 is 1.94 bits per heavy atom. The Bertz CT molecular complexity index is 203. The predicted octanol–water partition coefficient (Wildman–Crippen LogP) is 3.79. The molecule has 0 aromatic heterocycles. The monoisotopic (exact) mass is 228 g/mol. The summed E-state index contributed by atoms with van der Waals surface area (Å²) in [6.45, 7) is 11.9. The van der Waals surface area contributed by atoms with Crippen LogP contribution in [0.5, 0.6) is 0 Å². The Labute approximate surface area is 101 Å². The zero-order valence-electron chi connectivity index (χ0n) is 11.6. The quantitative estimate of drug-likeness (QED) is 0.590. The first-order chi connectivity index (χ1) is 7.60. The van der Waals surface area contributed by atoms with Gasteiger partial charge >= 0.3 is 0 Å². The Balaban J connectivity index is 2.40. The van der Waals surface area contributed by atoms with Gasteiger partial charge in [0.1, 0.15) is 0 Å². The van der Waals surface area contributed by atoms with Gasteiger partial charge in [-0.2, -0.15) is 0 Å². The van der Waals surface area contributed by atoms with Gasteiger partial charge in [0.15, 0.2) is 0 Å². The molecule has 0 bridgehead atoms. The van der Waals surface area contributed by atoms with Crippen LogP contribution < -0.4 is 0 Å². The van der Waals surface area contributed by atoms with Gasteiger partial charge in [0.2, 0.25) is 0 Å². The number of ether oxygens (including phenoxy) is 2. The van der Waals surface area contributed by atoms with Gasteiger partial charge in [-0.05, 0) is 38.5 Å². The topological polar surface area (TPSA) is 21.8 Å². The average molecular weight is 228 g/mol. The molecule has 3 unspecified atom stereocenters. The van der Waals surface area contributed by atoms with E-state index in [0.29, 0.717) is 18.1 Å². The minimum absolute atomic E-state index is 0.166. The van der Waals surface area contributed by atoms with E-state index < -0.39 is 0 Å². The summed E-state index contributed by atoms with van der Waals surface area (Å²) < 4.78 is 11.6. The molecule has 1 heterocycles. The third-order valence-electron chi connectivity index (χ3n) is 3.91. The van der Waals surface area contributed by atoms with Gasteiger partial charge in [0, 0.05) is 6.61 Å². The van der Waals surface area contributed by atoms with Crippen molar-refractivity contribution in [3.63, 3.8) is 0 Å². The van der Waals surface area contributed by atoms with Crippen LogP contribution in [0.2, 0.25) is 0 Å².